The second kappa shape index (κ2) is 9.22. The first-order chi connectivity index (χ1) is 14.4. The van der Waals surface area contributed by atoms with E-state index in [2.05, 4.69) is 53.2 Å². The molecular formula is C26H30Cl2N2O2. The van der Waals surface area contributed by atoms with Crippen LogP contribution in [0.1, 0.15) is 33.9 Å². The lowest BCUT2D eigenvalue weighted by atomic mass is 9.74. The topological polar surface area (TPSA) is 46.9 Å². The van der Waals surface area contributed by atoms with E-state index in [1.165, 1.54) is 27.9 Å². The molecule has 1 atom stereocenters. The molecule has 0 bridgehead atoms. The van der Waals surface area contributed by atoms with E-state index in [1.807, 2.05) is 20.2 Å². The monoisotopic (exact) mass is 472 g/mol. The Bertz CT molecular complexity index is 1130. The van der Waals surface area contributed by atoms with E-state index in [-0.39, 0.29) is 36.3 Å². The largest absolute Gasteiger partial charge is 0.504 e. The number of phenolic OH excluding ortho intramolecular Hbond substituents is 2. The molecule has 170 valence electrons. The summed E-state index contributed by atoms with van der Waals surface area (Å²) in [5, 5.41) is 21.1. The third-order valence-corrected chi connectivity index (χ3v) is 6.77. The average molecular weight is 473 g/mol. The van der Waals surface area contributed by atoms with Crippen LogP contribution in [0.15, 0.2) is 48.5 Å². The van der Waals surface area contributed by atoms with Crippen LogP contribution in [0.25, 0.3) is 11.1 Å². The number of hydrogen-bond acceptors (Lipinski definition) is 4. The highest BCUT2D eigenvalue weighted by Gasteiger charge is 2.35. The number of aromatic hydroxyl groups is 2. The standard InChI is InChI=1S/C26H28N2O2.2ClH/c1-27(2)20-9-4-16(5-10-20)14-18-7-6-17-12-13-28(3)21-15-19-8-11-22(29)26(30)25(19)24(18)23(17)21;;/h4-11,21,29-30H,12-15H2,1-3H3;2*1H/t21-;;/m1../s1. The van der Waals surface area contributed by atoms with Gasteiger partial charge in [-0.1, -0.05) is 30.3 Å². The van der Waals surface area contributed by atoms with Crippen LogP contribution >= 0.6 is 24.8 Å². The lowest BCUT2D eigenvalue weighted by molar-refractivity contribution is 0.228. The first-order valence-electron chi connectivity index (χ1n) is 10.6. The zero-order chi connectivity index (χ0) is 21.0. The highest BCUT2D eigenvalue weighted by atomic mass is 35.5. The smallest absolute Gasteiger partial charge is 0.165 e. The van der Waals surface area contributed by atoms with E-state index in [9.17, 15) is 10.2 Å². The van der Waals surface area contributed by atoms with Crippen LogP contribution < -0.4 is 4.90 Å². The van der Waals surface area contributed by atoms with Crippen molar-refractivity contribution >= 4 is 30.5 Å². The van der Waals surface area contributed by atoms with Crippen molar-refractivity contribution in [2.45, 2.75) is 25.3 Å². The Kier molecular flexibility index (Phi) is 6.99. The minimum Gasteiger partial charge on any atom is -0.504 e. The van der Waals surface area contributed by atoms with E-state index in [0.29, 0.717) is 6.04 Å². The van der Waals surface area contributed by atoms with Crippen molar-refractivity contribution < 1.29 is 10.2 Å². The van der Waals surface area contributed by atoms with Crippen LogP contribution in [0.2, 0.25) is 0 Å². The van der Waals surface area contributed by atoms with E-state index >= 15 is 0 Å². The minimum atomic E-state index is -0.0461. The summed E-state index contributed by atoms with van der Waals surface area (Å²) in [6, 6.07) is 17.0. The quantitative estimate of drug-likeness (QED) is 0.504. The minimum absolute atomic E-state index is 0. The Morgan fingerprint density at radius 3 is 2.28 bits per heavy atom. The summed E-state index contributed by atoms with van der Waals surface area (Å²) in [7, 11) is 6.28. The van der Waals surface area contributed by atoms with Gasteiger partial charge in [-0.3, -0.25) is 4.90 Å². The van der Waals surface area contributed by atoms with Crippen molar-refractivity contribution in [3.8, 4) is 22.6 Å². The van der Waals surface area contributed by atoms with Crippen molar-refractivity contribution in [2.24, 2.45) is 0 Å². The molecule has 0 radical (unpaired) electrons. The highest BCUT2D eigenvalue weighted by Crippen LogP contribution is 2.51. The van der Waals surface area contributed by atoms with Gasteiger partial charge < -0.3 is 15.1 Å². The fourth-order valence-electron chi connectivity index (χ4n) is 5.09. The maximum Gasteiger partial charge on any atom is 0.165 e. The molecule has 3 aromatic carbocycles. The van der Waals surface area contributed by atoms with E-state index in [4.69, 9.17) is 0 Å². The molecule has 0 saturated heterocycles. The van der Waals surface area contributed by atoms with Gasteiger partial charge in [0.1, 0.15) is 0 Å². The Morgan fingerprint density at radius 2 is 1.59 bits per heavy atom. The Labute approximate surface area is 202 Å². The number of anilines is 1. The van der Waals surface area contributed by atoms with Crippen LogP contribution in [0.4, 0.5) is 5.69 Å². The molecule has 2 aliphatic rings. The van der Waals surface area contributed by atoms with Crippen molar-refractivity contribution in [3.63, 3.8) is 0 Å². The summed E-state index contributed by atoms with van der Waals surface area (Å²) in [5.74, 6) is -0.0352. The van der Waals surface area contributed by atoms with Gasteiger partial charge in [0.25, 0.3) is 0 Å². The van der Waals surface area contributed by atoms with E-state index in [1.54, 1.807) is 6.07 Å². The number of halogens is 2. The fourth-order valence-corrected chi connectivity index (χ4v) is 5.09. The highest BCUT2D eigenvalue weighted by molar-refractivity contribution is 5.86. The number of phenols is 2. The van der Waals surface area contributed by atoms with Gasteiger partial charge in [0.05, 0.1) is 0 Å². The van der Waals surface area contributed by atoms with E-state index in [0.717, 1.165) is 42.5 Å². The van der Waals surface area contributed by atoms with Gasteiger partial charge in [0.2, 0.25) is 0 Å². The molecule has 0 unspecified atom stereocenters. The Morgan fingerprint density at radius 1 is 0.906 bits per heavy atom. The third-order valence-electron chi connectivity index (χ3n) is 6.77. The van der Waals surface area contributed by atoms with Gasteiger partial charge in [-0.25, -0.2) is 0 Å². The lowest BCUT2D eigenvalue weighted by Gasteiger charge is -2.40. The summed E-state index contributed by atoms with van der Waals surface area (Å²) in [6.07, 6.45) is 2.67. The molecule has 0 amide bonds. The summed E-state index contributed by atoms with van der Waals surface area (Å²) < 4.78 is 0. The van der Waals surface area contributed by atoms with Gasteiger partial charge in [-0.05, 0) is 77.9 Å². The van der Waals surface area contributed by atoms with Crippen LogP contribution in [-0.2, 0) is 19.3 Å². The van der Waals surface area contributed by atoms with Crippen molar-refractivity contribution in [1.82, 2.24) is 4.90 Å². The summed E-state index contributed by atoms with van der Waals surface area (Å²) in [4.78, 5) is 4.53. The molecule has 0 spiro atoms. The molecule has 1 aliphatic heterocycles. The zero-order valence-electron chi connectivity index (χ0n) is 18.6. The molecule has 6 heteroatoms. The average Bonchev–Trinajstić information content (AvgIpc) is 2.74. The van der Waals surface area contributed by atoms with Crippen LogP contribution in [0.3, 0.4) is 0 Å². The number of nitrogens with zero attached hydrogens (tertiary/aromatic N) is 2. The molecule has 0 aromatic heterocycles. The third kappa shape index (κ3) is 3.92. The Hall–Kier alpha value is -2.40. The maximum atomic E-state index is 10.8. The number of fused-ring (bicyclic) bond motifs is 2. The first-order valence-corrected chi connectivity index (χ1v) is 10.6. The molecule has 1 heterocycles. The zero-order valence-corrected chi connectivity index (χ0v) is 20.3. The predicted molar refractivity (Wildman–Crippen MR) is 136 cm³/mol. The molecule has 0 saturated carbocycles. The first kappa shape index (κ1) is 24.2. The molecule has 1 aliphatic carbocycles. The molecule has 2 N–H and O–H groups in total. The van der Waals surface area contributed by atoms with Gasteiger partial charge in [-0.15, -0.1) is 24.8 Å². The van der Waals surface area contributed by atoms with E-state index < -0.39 is 0 Å². The number of hydrogen-bond donors (Lipinski definition) is 2. The normalized spacial score (nSPS) is 16.3. The molecular weight excluding hydrogens is 443 g/mol. The summed E-state index contributed by atoms with van der Waals surface area (Å²) in [5.41, 5.74) is 9.37. The second-order valence-electron chi connectivity index (χ2n) is 8.83. The second-order valence-corrected chi connectivity index (χ2v) is 8.83. The fraction of sp³-hybridized carbons (Fsp3) is 0.308. The molecule has 0 fully saturated rings. The van der Waals surface area contributed by atoms with Crippen molar-refractivity contribution in [1.29, 1.82) is 0 Å². The van der Waals surface area contributed by atoms with Crippen LogP contribution in [-0.4, -0.2) is 42.8 Å². The SMILES string of the molecule is CN(C)c1ccc(Cc2ccc3c4c2-c2c(ccc(O)c2O)C[C@H]4N(C)CC3)cc1.Cl.Cl. The molecule has 32 heavy (non-hydrogen) atoms. The Balaban J connectivity index is 0.00000144. The number of likely N-dealkylation sites (N-methyl/N-ethyl adjacent to an activating group) is 1. The molecule has 3 aromatic rings. The number of benzene rings is 3. The van der Waals surface area contributed by atoms with Gasteiger partial charge in [0, 0.05) is 37.9 Å². The van der Waals surface area contributed by atoms with Crippen LogP contribution in [0, 0.1) is 0 Å². The predicted octanol–water partition coefficient (Wildman–Crippen LogP) is 5.35. The van der Waals surface area contributed by atoms with Crippen molar-refractivity contribution in [2.75, 3.05) is 32.6 Å². The van der Waals surface area contributed by atoms with Crippen molar-refractivity contribution in [3.05, 3.63) is 76.3 Å². The maximum absolute atomic E-state index is 10.8. The number of rotatable bonds is 3. The van der Waals surface area contributed by atoms with Crippen LogP contribution in [0.5, 0.6) is 11.5 Å². The van der Waals surface area contributed by atoms with Gasteiger partial charge in [-0.2, -0.15) is 0 Å². The summed E-state index contributed by atoms with van der Waals surface area (Å²) in [6.45, 7) is 1.04. The molecule has 5 rings (SSSR count). The molecule has 4 nitrogen and oxygen atoms in total. The summed E-state index contributed by atoms with van der Waals surface area (Å²) >= 11 is 0. The van der Waals surface area contributed by atoms with Gasteiger partial charge >= 0.3 is 0 Å². The van der Waals surface area contributed by atoms with Gasteiger partial charge in [0.15, 0.2) is 11.5 Å². The lowest BCUT2D eigenvalue weighted by Crippen LogP contribution is -2.35.